The van der Waals surface area contributed by atoms with Gasteiger partial charge in [0.05, 0.1) is 30.7 Å². The van der Waals surface area contributed by atoms with Crippen LogP contribution < -0.4 is 5.73 Å². The minimum atomic E-state index is 0.116. The van der Waals surface area contributed by atoms with Crippen molar-refractivity contribution in [1.82, 2.24) is 0 Å². The van der Waals surface area contributed by atoms with Crippen LogP contribution in [0.25, 0.3) is 0 Å². The first-order valence-electron chi connectivity index (χ1n) is 5.14. The van der Waals surface area contributed by atoms with Crippen LogP contribution in [-0.2, 0) is 16.1 Å². The van der Waals surface area contributed by atoms with Crippen molar-refractivity contribution >= 4 is 11.3 Å². The maximum absolute atomic E-state index is 5.60. The summed E-state index contributed by atoms with van der Waals surface area (Å²) in [7, 11) is 1.67. The maximum Gasteiger partial charge on any atom is 0.0814 e. The van der Waals surface area contributed by atoms with E-state index in [2.05, 4.69) is 11.8 Å². The van der Waals surface area contributed by atoms with Crippen LogP contribution in [-0.4, -0.2) is 26.4 Å². The summed E-state index contributed by atoms with van der Waals surface area (Å²) >= 11 is 1.64. The topological polar surface area (TPSA) is 44.5 Å². The SMILES string of the molecule is COCC(C)OCc1ccc(C#CCN)s1. The van der Waals surface area contributed by atoms with Gasteiger partial charge in [0.1, 0.15) is 0 Å². The molecule has 1 rings (SSSR count). The lowest BCUT2D eigenvalue weighted by Crippen LogP contribution is -2.14. The molecule has 0 aliphatic heterocycles. The smallest absolute Gasteiger partial charge is 0.0814 e. The van der Waals surface area contributed by atoms with Gasteiger partial charge in [-0.25, -0.2) is 0 Å². The number of methoxy groups -OCH3 is 1. The molecule has 0 saturated heterocycles. The molecule has 0 aromatic carbocycles. The van der Waals surface area contributed by atoms with Gasteiger partial charge in [0.15, 0.2) is 0 Å². The summed E-state index contributed by atoms with van der Waals surface area (Å²) in [5.41, 5.74) is 5.31. The van der Waals surface area contributed by atoms with Gasteiger partial charge in [-0.3, -0.25) is 0 Å². The van der Waals surface area contributed by atoms with Gasteiger partial charge in [-0.15, -0.1) is 11.3 Å². The van der Waals surface area contributed by atoms with Gasteiger partial charge < -0.3 is 15.2 Å². The van der Waals surface area contributed by atoms with Gasteiger partial charge in [-0.05, 0) is 19.1 Å². The highest BCUT2D eigenvalue weighted by atomic mass is 32.1. The second-order valence-corrected chi connectivity index (χ2v) is 4.52. The Labute approximate surface area is 101 Å². The first kappa shape index (κ1) is 13.2. The molecule has 2 N–H and O–H groups in total. The number of nitrogens with two attached hydrogens (primary N) is 1. The number of rotatable bonds is 5. The summed E-state index contributed by atoms with van der Waals surface area (Å²) in [6, 6.07) is 4.03. The molecule has 0 saturated carbocycles. The Balaban J connectivity index is 2.40. The van der Waals surface area contributed by atoms with Crippen LogP contribution in [0.1, 0.15) is 16.7 Å². The number of hydrogen-bond acceptors (Lipinski definition) is 4. The largest absolute Gasteiger partial charge is 0.382 e. The minimum absolute atomic E-state index is 0.116. The van der Waals surface area contributed by atoms with Gasteiger partial charge in [-0.2, -0.15) is 0 Å². The van der Waals surface area contributed by atoms with Gasteiger partial charge in [0.25, 0.3) is 0 Å². The molecule has 4 heteroatoms. The number of hydrogen-bond donors (Lipinski definition) is 1. The second-order valence-electron chi connectivity index (χ2n) is 3.35. The zero-order valence-corrected chi connectivity index (χ0v) is 10.5. The van der Waals surface area contributed by atoms with Crippen molar-refractivity contribution in [1.29, 1.82) is 0 Å². The summed E-state index contributed by atoms with van der Waals surface area (Å²) in [6.07, 6.45) is 0.116. The third kappa shape index (κ3) is 4.77. The Morgan fingerprint density at radius 1 is 1.50 bits per heavy atom. The van der Waals surface area contributed by atoms with Gasteiger partial charge >= 0.3 is 0 Å². The fourth-order valence-electron chi connectivity index (χ4n) is 1.17. The lowest BCUT2D eigenvalue weighted by Gasteiger charge is -2.10. The zero-order chi connectivity index (χ0) is 11.8. The van der Waals surface area contributed by atoms with E-state index in [1.54, 1.807) is 18.4 Å². The van der Waals surface area contributed by atoms with E-state index in [0.29, 0.717) is 19.8 Å². The van der Waals surface area contributed by atoms with E-state index in [1.165, 1.54) is 4.88 Å². The Bertz CT molecular complexity index is 365. The van der Waals surface area contributed by atoms with Crippen LogP contribution >= 0.6 is 11.3 Å². The Morgan fingerprint density at radius 2 is 2.31 bits per heavy atom. The molecule has 0 aliphatic rings. The minimum Gasteiger partial charge on any atom is -0.382 e. The van der Waals surface area contributed by atoms with Crippen LogP contribution in [0.2, 0.25) is 0 Å². The summed E-state index contributed by atoms with van der Waals surface area (Å²) in [4.78, 5) is 2.20. The lowest BCUT2D eigenvalue weighted by molar-refractivity contribution is 0.000928. The van der Waals surface area contributed by atoms with Crippen molar-refractivity contribution < 1.29 is 9.47 Å². The molecular formula is C12H17NO2S. The fraction of sp³-hybridized carbons (Fsp3) is 0.500. The number of ether oxygens (including phenoxy) is 2. The molecule has 0 fully saturated rings. The molecule has 0 bridgehead atoms. The molecule has 1 aromatic rings. The Morgan fingerprint density at radius 3 is 3.00 bits per heavy atom. The molecule has 0 radical (unpaired) electrons. The molecule has 0 aliphatic carbocycles. The summed E-state index contributed by atoms with van der Waals surface area (Å²) in [5.74, 6) is 5.83. The highest BCUT2D eigenvalue weighted by molar-refractivity contribution is 7.12. The highest BCUT2D eigenvalue weighted by Gasteiger charge is 2.03. The third-order valence-electron chi connectivity index (χ3n) is 1.89. The quantitative estimate of drug-likeness (QED) is 0.794. The fourth-order valence-corrected chi connectivity index (χ4v) is 1.97. The summed E-state index contributed by atoms with van der Waals surface area (Å²) in [5, 5.41) is 0. The first-order valence-corrected chi connectivity index (χ1v) is 5.96. The average Bonchev–Trinajstić information content (AvgIpc) is 2.72. The van der Waals surface area contributed by atoms with Crippen molar-refractivity contribution in [3.63, 3.8) is 0 Å². The predicted molar refractivity (Wildman–Crippen MR) is 66.4 cm³/mol. The van der Waals surface area contributed by atoms with E-state index in [-0.39, 0.29) is 6.10 Å². The normalized spacial score (nSPS) is 11.9. The van der Waals surface area contributed by atoms with Crippen molar-refractivity contribution in [2.45, 2.75) is 19.6 Å². The van der Waals surface area contributed by atoms with Gasteiger partial charge in [0, 0.05) is 12.0 Å². The molecule has 0 amide bonds. The molecule has 1 heterocycles. The van der Waals surface area contributed by atoms with Crippen molar-refractivity contribution in [3.8, 4) is 11.8 Å². The first-order chi connectivity index (χ1) is 7.76. The summed E-state index contributed by atoms with van der Waals surface area (Å²) in [6.45, 7) is 3.62. The van der Waals surface area contributed by atoms with Crippen LogP contribution in [0.3, 0.4) is 0 Å². The molecular weight excluding hydrogens is 222 g/mol. The maximum atomic E-state index is 5.60. The third-order valence-corrected chi connectivity index (χ3v) is 2.86. The van der Waals surface area contributed by atoms with Crippen molar-refractivity contribution in [2.75, 3.05) is 20.3 Å². The molecule has 3 nitrogen and oxygen atoms in total. The van der Waals surface area contributed by atoms with E-state index in [4.69, 9.17) is 15.2 Å². The van der Waals surface area contributed by atoms with Crippen LogP contribution in [0.5, 0.6) is 0 Å². The van der Waals surface area contributed by atoms with Crippen molar-refractivity contribution in [3.05, 3.63) is 21.9 Å². The zero-order valence-electron chi connectivity index (χ0n) is 9.66. The lowest BCUT2D eigenvalue weighted by atomic mass is 10.4. The summed E-state index contributed by atoms with van der Waals surface area (Å²) < 4.78 is 10.6. The molecule has 88 valence electrons. The monoisotopic (exact) mass is 239 g/mol. The molecule has 16 heavy (non-hydrogen) atoms. The van der Waals surface area contributed by atoms with Crippen LogP contribution in [0.15, 0.2) is 12.1 Å². The Kier molecular flexibility index (Phi) is 6.12. The molecule has 1 aromatic heterocycles. The van der Waals surface area contributed by atoms with Crippen molar-refractivity contribution in [2.24, 2.45) is 5.73 Å². The van der Waals surface area contributed by atoms with E-state index in [1.807, 2.05) is 19.1 Å². The Hall–Kier alpha value is -0.860. The van der Waals surface area contributed by atoms with Gasteiger partial charge in [-0.1, -0.05) is 11.8 Å². The van der Waals surface area contributed by atoms with E-state index >= 15 is 0 Å². The van der Waals surface area contributed by atoms with E-state index in [9.17, 15) is 0 Å². The van der Waals surface area contributed by atoms with E-state index in [0.717, 1.165) is 4.88 Å². The average molecular weight is 239 g/mol. The molecule has 1 atom stereocenters. The second kappa shape index (κ2) is 7.42. The van der Waals surface area contributed by atoms with Crippen LogP contribution in [0, 0.1) is 11.8 Å². The molecule has 0 spiro atoms. The highest BCUT2D eigenvalue weighted by Crippen LogP contribution is 2.16. The molecule has 1 unspecified atom stereocenters. The van der Waals surface area contributed by atoms with Crippen LogP contribution in [0.4, 0.5) is 0 Å². The van der Waals surface area contributed by atoms with E-state index < -0.39 is 0 Å². The number of thiophene rings is 1. The standard InChI is InChI=1S/C12H17NO2S/c1-10(8-14-2)15-9-12-6-5-11(16-12)4-3-7-13/h5-6,10H,7-9,13H2,1-2H3. The predicted octanol–water partition coefficient (Wildman–Crippen LogP) is 1.61. The van der Waals surface area contributed by atoms with Gasteiger partial charge in [0.2, 0.25) is 0 Å².